The molecule has 3 rings (SSSR count). The van der Waals surface area contributed by atoms with E-state index in [4.69, 9.17) is 21.1 Å². The van der Waals surface area contributed by atoms with Crippen LogP contribution in [-0.4, -0.2) is 23.7 Å². The highest BCUT2D eigenvalue weighted by Crippen LogP contribution is 2.34. The minimum absolute atomic E-state index is 0.0967. The van der Waals surface area contributed by atoms with E-state index < -0.39 is 5.91 Å². The van der Waals surface area contributed by atoms with Gasteiger partial charge in [-0.05, 0) is 53.2 Å². The molecule has 0 aliphatic heterocycles. The van der Waals surface area contributed by atoms with Gasteiger partial charge in [-0.1, -0.05) is 29.8 Å². The Hall–Kier alpha value is -3.41. The van der Waals surface area contributed by atoms with Crippen molar-refractivity contribution in [2.24, 2.45) is 5.10 Å². The van der Waals surface area contributed by atoms with Gasteiger partial charge in [0.2, 0.25) is 0 Å². The maximum atomic E-state index is 12.2. The largest absolute Gasteiger partial charge is 0.490 e. The van der Waals surface area contributed by atoms with Gasteiger partial charge in [-0.15, -0.1) is 0 Å². The van der Waals surface area contributed by atoms with Gasteiger partial charge < -0.3 is 9.47 Å². The van der Waals surface area contributed by atoms with Crippen molar-refractivity contribution in [2.75, 3.05) is 6.61 Å². The maximum absolute atomic E-state index is 12.2. The molecule has 0 spiro atoms. The van der Waals surface area contributed by atoms with Crippen LogP contribution in [0.3, 0.4) is 0 Å². The standard InChI is InChI=1S/C23H18BrClN4O3/c1-2-31-20-10-17(13-28-29-23(30)18-8-5-9-27-22(18)25)19(24)11-21(20)32-14-16-7-4-3-6-15(16)12-26/h3-11,13H,2,14H2,1H3,(H,29,30). The van der Waals surface area contributed by atoms with E-state index in [-0.39, 0.29) is 17.3 Å². The molecule has 1 heterocycles. The lowest BCUT2D eigenvalue weighted by Gasteiger charge is -2.14. The zero-order chi connectivity index (χ0) is 22.9. The van der Waals surface area contributed by atoms with Gasteiger partial charge in [-0.25, -0.2) is 10.4 Å². The molecule has 2 aromatic carbocycles. The number of ether oxygens (including phenoxy) is 2. The number of nitrogens with zero attached hydrogens (tertiary/aromatic N) is 3. The van der Waals surface area contributed by atoms with Crippen LogP contribution >= 0.6 is 27.5 Å². The first-order valence-corrected chi connectivity index (χ1v) is 10.7. The average molecular weight is 514 g/mol. The molecule has 1 aromatic heterocycles. The highest BCUT2D eigenvalue weighted by Gasteiger charge is 2.13. The number of halogens is 2. The summed E-state index contributed by atoms with van der Waals surface area (Å²) in [6.45, 7) is 2.51. The zero-order valence-corrected chi connectivity index (χ0v) is 19.4. The summed E-state index contributed by atoms with van der Waals surface area (Å²) in [6.07, 6.45) is 2.97. The van der Waals surface area contributed by atoms with Gasteiger partial charge in [0, 0.05) is 21.8 Å². The van der Waals surface area contributed by atoms with Crippen LogP contribution in [0.2, 0.25) is 5.15 Å². The Kier molecular flexibility index (Phi) is 8.20. The molecule has 0 saturated carbocycles. The van der Waals surface area contributed by atoms with Crippen molar-refractivity contribution in [1.82, 2.24) is 10.4 Å². The van der Waals surface area contributed by atoms with E-state index in [2.05, 4.69) is 37.5 Å². The fourth-order valence-corrected chi connectivity index (χ4v) is 3.35. The molecular weight excluding hydrogens is 496 g/mol. The topological polar surface area (TPSA) is 96.6 Å². The SMILES string of the molecule is CCOc1cc(C=NNC(=O)c2cccnc2Cl)c(Br)cc1OCc1ccccc1C#N. The highest BCUT2D eigenvalue weighted by atomic mass is 79.9. The predicted octanol–water partition coefficient (Wildman–Crippen LogP) is 5.11. The molecule has 0 saturated heterocycles. The van der Waals surface area contributed by atoms with Gasteiger partial charge in [0.15, 0.2) is 11.5 Å². The number of hydrazone groups is 1. The molecule has 7 nitrogen and oxygen atoms in total. The summed E-state index contributed by atoms with van der Waals surface area (Å²) >= 11 is 9.41. The smallest absolute Gasteiger partial charge is 0.274 e. The highest BCUT2D eigenvalue weighted by molar-refractivity contribution is 9.10. The normalized spacial score (nSPS) is 10.6. The second kappa shape index (κ2) is 11.3. The van der Waals surface area contributed by atoms with E-state index in [0.29, 0.717) is 33.7 Å². The van der Waals surface area contributed by atoms with E-state index in [9.17, 15) is 10.1 Å². The van der Waals surface area contributed by atoms with Gasteiger partial charge in [0.1, 0.15) is 11.8 Å². The van der Waals surface area contributed by atoms with E-state index >= 15 is 0 Å². The van der Waals surface area contributed by atoms with Crippen molar-refractivity contribution in [1.29, 1.82) is 5.26 Å². The number of carbonyl (C=O) groups is 1. The number of carbonyl (C=O) groups excluding carboxylic acids is 1. The summed E-state index contributed by atoms with van der Waals surface area (Å²) in [5, 5.41) is 13.3. The third kappa shape index (κ3) is 5.84. The van der Waals surface area contributed by atoms with E-state index in [1.54, 1.807) is 36.4 Å². The monoisotopic (exact) mass is 512 g/mol. The summed E-state index contributed by atoms with van der Waals surface area (Å²) in [7, 11) is 0. The second-order valence-electron chi connectivity index (χ2n) is 6.35. The first kappa shape index (κ1) is 23.3. The predicted molar refractivity (Wildman–Crippen MR) is 125 cm³/mol. The number of pyridine rings is 1. The first-order chi connectivity index (χ1) is 15.5. The van der Waals surface area contributed by atoms with E-state index in [0.717, 1.165) is 5.56 Å². The van der Waals surface area contributed by atoms with Crippen LogP contribution in [0.1, 0.15) is 34.0 Å². The molecule has 3 aromatic rings. The van der Waals surface area contributed by atoms with Crippen molar-refractivity contribution in [3.05, 3.63) is 86.6 Å². The number of aromatic nitrogens is 1. The lowest BCUT2D eigenvalue weighted by Crippen LogP contribution is -2.18. The number of nitriles is 1. The minimum Gasteiger partial charge on any atom is -0.490 e. The van der Waals surface area contributed by atoms with Gasteiger partial charge in [-0.3, -0.25) is 4.79 Å². The Labute approximate surface area is 198 Å². The van der Waals surface area contributed by atoms with E-state index in [1.165, 1.54) is 12.4 Å². The fourth-order valence-electron chi connectivity index (χ4n) is 2.72. The maximum Gasteiger partial charge on any atom is 0.274 e. The summed E-state index contributed by atoms with van der Waals surface area (Å²) < 4.78 is 12.3. The number of hydrogen-bond donors (Lipinski definition) is 1. The molecule has 0 aliphatic rings. The third-order valence-corrected chi connectivity index (χ3v) is 5.25. The molecule has 0 bridgehead atoms. The first-order valence-electron chi connectivity index (χ1n) is 9.54. The summed E-state index contributed by atoms with van der Waals surface area (Å²) in [5.41, 5.74) is 4.64. The van der Waals surface area contributed by atoms with E-state index in [1.807, 2.05) is 19.1 Å². The fraction of sp³-hybridized carbons (Fsp3) is 0.130. The van der Waals surface area contributed by atoms with Crippen LogP contribution in [0.4, 0.5) is 0 Å². The Morgan fingerprint density at radius 1 is 1.25 bits per heavy atom. The van der Waals surface area contributed by atoms with Crippen molar-refractivity contribution >= 4 is 39.7 Å². The van der Waals surface area contributed by atoms with Crippen LogP contribution < -0.4 is 14.9 Å². The Morgan fingerprint density at radius 2 is 2.03 bits per heavy atom. The molecule has 0 atom stereocenters. The van der Waals surface area contributed by atoms with Crippen LogP contribution in [0.5, 0.6) is 11.5 Å². The lowest BCUT2D eigenvalue weighted by atomic mass is 10.1. The molecule has 0 unspecified atom stereocenters. The Bertz CT molecular complexity index is 1190. The molecule has 32 heavy (non-hydrogen) atoms. The van der Waals surface area contributed by atoms with Crippen LogP contribution in [-0.2, 0) is 6.61 Å². The van der Waals surface area contributed by atoms with Crippen LogP contribution in [0.25, 0.3) is 0 Å². The number of nitrogens with one attached hydrogen (secondary N) is 1. The molecule has 0 radical (unpaired) electrons. The van der Waals surface area contributed by atoms with Crippen molar-refractivity contribution in [3.8, 4) is 17.6 Å². The summed E-state index contributed by atoms with van der Waals surface area (Å²) in [5.74, 6) is 0.541. The van der Waals surface area contributed by atoms with Crippen LogP contribution in [0.15, 0.2) is 64.3 Å². The minimum atomic E-state index is -0.475. The second-order valence-corrected chi connectivity index (χ2v) is 7.56. The average Bonchev–Trinajstić information content (AvgIpc) is 2.80. The van der Waals surface area contributed by atoms with Gasteiger partial charge in [0.25, 0.3) is 5.91 Å². The number of benzene rings is 2. The molecular formula is C23H18BrClN4O3. The lowest BCUT2D eigenvalue weighted by molar-refractivity contribution is 0.0955. The van der Waals surface area contributed by atoms with Crippen molar-refractivity contribution in [2.45, 2.75) is 13.5 Å². The van der Waals surface area contributed by atoms with Crippen molar-refractivity contribution in [3.63, 3.8) is 0 Å². The molecule has 1 N–H and O–H groups in total. The quantitative estimate of drug-likeness (QED) is 0.256. The van der Waals surface area contributed by atoms with Crippen LogP contribution in [0, 0.1) is 11.3 Å². The molecule has 1 amide bonds. The Balaban J connectivity index is 1.76. The Morgan fingerprint density at radius 3 is 2.78 bits per heavy atom. The zero-order valence-electron chi connectivity index (χ0n) is 17.0. The van der Waals surface area contributed by atoms with Gasteiger partial charge in [-0.2, -0.15) is 10.4 Å². The summed E-state index contributed by atoms with van der Waals surface area (Å²) in [6, 6.07) is 16.1. The summed E-state index contributed by atoms with van der Waals surface area (Å²) in [4.78, 5) is 16.1. The number of rotatable bonds is 8. The molecule has 0 aliphatic carbocycles. The van der Waals surface area contributed by atoms with Crippen molar-refractivity contribution < 1.29 is 14.3 Å². The third-order valence-electron chi connectivity index (χ3n) is 4.26. The van der Waals surface area contributed by atoms with Gasteiger partial charge >= 0.3 is 0 Å². The van der Waals surface area contributed by atoms with Gasteiger partial charge in [0.05, 0.1) is 30.0 Å². The number of amides is 1. The number of hydrogen-bond acceptors (Lipinski definition) is 6. The molecule has 9 heteroatoms. The molecule has 162 valence electrons. The molecule has 0 fully saturated rings.